The van der Waals surface area contributed by atoms with E-state index < -0.39 is 0 Å². The fraction of sp³-hybridized carbons (Fsp3) is 0.500. The SMILES string of the molecule is Cc1ccc(-c2noc(CN3CCC(C(=O)N(C)C)CC3)n2)cc1F. The molecule has 7 heteroatoms. The molecule has 0 N–H and O–H groups in total. The molecule has 2 heterocycles. The van der Waals surface area contributed by atoms with Gasteiger partial charge in [0.2, 0.25) is 17.6 Å². The van der Waals surface area contributed by atoms with Crippen LogP contribution in [-0.2, 0) is 11.3 Å². The summed E-state index contributed by atoms with van der Waals surface area (Å²) in [6.45, 7) is 3.90. The van der Waals surface area contributed by atoms with Crippen molar-refractivity contribution in [3.8, 4) is 11.4 Å². The Bertz CT molecular complexity index is 751. The number of likely N-dealkylation sites (tertiary alicyclic amines) is 1. The van der Waals surface area contributed by atoms with Gasteiger partial charge in [0.05, 0.1) is 6.54 Å². The quantitative estimate of drug-likeness (QED) is 0.851. The minimum Gasteiger partial charge on any atom is -0.349 e. The molecule has 6 nitrogen and oxygen atoms in total. The van der Waals surface area contributed by atoms with E-state index in [1.165, 1.54) is 6.07 Å². The Morgan fingerprint density at radius 2 is 2.08 bits per heavy atom. The van der Waals surface area contributed by atoms with E-state index in [-0.39, 0.29) is 17.6 Å². The first-order valence-corrected chi connectivity index (χ1v) is 8.46. The predicted octanol–water partition coefficient (Wildman–Crippen LogP) is 2.48. The molecule has 3 rings (SSSR count). The largest absolute Gasteiger partial charge is 0.349 e. The third-order valence-electron chi connectivity index (χ3n) is 4.63. The minimum absolute atomic E-state index is 0.0972. The van der Waals surface area contributed by atoms with Gasteiger partial charge in [0.15, 0.2) is 0 Å². The molecule has 134 valence electrons. The molecule has 1 fully saturated rings. The highest BCUT2D eigenvalue weighted by molar-refractivity contribution is 5.78. The molecule has 1 aliphatic heterocycles. The third-order valence-corrected chi connectivity index (χ3v) is 4.63. The first-order chi connectivity index (χ1) is 11.9. The van der Waals surface area contributed by atoms with Crippen LogP contribution < -0.4 is 0 Å². The Hall–Kier alpha value is -2.28. The summed E-state index contributed by atoms with van der Waals surface area (Å²) >= 11 is 0. The van der Waals surface area contributed by atoms with Crippen molar-refractivity contribution in [2.45, 2.75) is 26.3 Å². The van der Waals surface area contributed by atoms with Gasteiger partial charge in [-0.05, 0) is 44.5 Å². The van der Waals surface area contributed by atoms with Gasteiger partial charge in [-0.3, -0.25) is 9.69 Å². The zero-order valence-electron chi connectivity index (χ0n) is 14.8. The van der Waals surface area contributed by atoms with Crippen molar-refractivity contribution in [3.63, 3.8) is 0 Å². The topological polar surface area (TPSA) is 62.5 Å². The van der Waals surface area contributed by atoms with Crippen LogP contribution in [0.2, 0.25) is 0 Å². The van der Waals surface area contributed by atoms with Crippen LogP contribution in [0.4, 0.5) is 4.39 Å². The van der Waals surface area contributed by atoms with Crippen LogP contribution in [0.1, 0.15) is 24.3 Å². The van der Waals surface area contributed by atoms with Gasteiger partial charge >= 0.3 is 0 Å². The van der Waals surface area contributed by atoms with Gasteiger partial charge in [0.25, 0.3) is 0 Å². The number of piperidine rings is 1. The van der Waals surface area contributed by atoms with Crippen molar-refractivity contribution in [1.29, 1.82) is 0 Å². The lowest BCUT2D eigenvalue weighted by molar-refractivity contribution is -0.134. The summed E-state index contributed by atoms with van der Waals surface area (Å²) < 4.78 is 19.0. The average molecular weight is 346 g/mol. The molecular formula is C18H23FN4O2. The van der Waals surface area contributed by atoms with E-state index >= 15 is 0 Å². The monoisotopic (exact) mass is 346 g/mol. The second-order valence-corrected chi connectivity index (χ2v) is 6.76. The number of hydrogen-bond acceptors (Lipinski definition) is 5. The summed E-state index contributed by atoms with van der Waals surface area (Å²) in [6.07, 6.45) is 1.67. The van der Waals surface area contributed by atoms with Crippen LogP contribution >= 0.6 is 0 Å². The summed E-state index contributed by atoms with van der Waals surface area (Å²) in [7, 11) is 3.59. The fourth-order valence-electron chi connectivity index (χ4n) is 3.06. The molecule has 0 unspecified atom stereocenters. The molecular weight excluding hydrogens is 323 g/mol. The molecule has 1 amide bonds. The van der Waals surface area contributed by atoms with Crippen molar-refractivity contribution < 1.29 is 13.7 Å². The van der Waals surface area contributed by atoms with Crippen molar-refractivity contribution in [2.24, 2.45) is 5.92 Å². The zero-order chi connectivity index (χ0) is 18.0. The highest BCUT2D eigenvalue weighted by Gasteiger charge is 2.26. The molecule has 0 atom stereocenters. The van der Waals surface area contributed by atoms with E-state index in [1.54, 1.807) is 38.1 Å². The maximum absolute atomic E-state index is 13.7. The highest BCUT2D eigenvalue weighted by Crippen LogP contribution is 2.22. The number of rotatable bonds is 4. The van der Waals surface area contributed by atoms with E-state index in [0.29, 0.717) is 29.4 Å². The van der Waals surface area contributed by atoms with Gasteiger partial charge in [-0.1, -0.05) is 17.3 Å². The number of halogens is 1. The van der Waals surface area contributed by atoms with E-state index in [2.05, 4.69) is 15.0 Å². The van der Waals surface area contributed by atoms with Gasteiger partial charge < -0.3 is 9.42 Å². The Labute approximate surface area is 146 Å². The standard InChI is InChI=1S/C18H23FN4O2/c1-12-4-5-14(10-15(12)19)17-20-16(25-21-17)11-23-8-6-13(7-9-23)18(24)22(2)3/h4-5,10,13H,6-9,11H2,1-3H3. The number of aryl methyl sites for hydroxylation is 1. The Morgan fingerprint density at radius 3 is 2.72 bits per heavy atom. The second kappa shape index (κ2) is 7.31. The van der Waals surface area contributed by atoms with E-state index in [0.717, 1.165) is 25.9 Å². The molecule has 0 aliphatic carbocycles. The molecule has 0 saturated carbocycles. The minimum atomic E-state index is -0.281. The van der Waals surface area contributed by atoms with Crippen molar-refractivity contribution in [1.82, 2.24) is 19.9 Å². The van der Waals surface area contributed by atoms with Crippen LogP contribution in [0, 0.1) is 18.7 Å². The molecule has 1 saturated heterocycles. The van der Waals surface area contributed by atoms with Crippen molar-refractivity contribution >= 4 is 5.91 Å². The summed E-state index contributed by atoms with van der Waals surface area (Å²) in [6, 6.07) is 4.90. The number of nitrogens with zero attached hydrogens (tertiary/aromatic N) is 4. The maximum atomic E-state index is 13.7. The van der Waals surface area contributed by atoms with Crippen LogP contribution in [-0.4, -0.2) is 53.0 Å². The van der Waals surface area contributed by atoms with Crippen molar-refractivity contribution in [3.05, 3.63) is 35.5 Å². The van der Waals surface area contributed by atoms with Gasteiger partial charge in [-0.2, -0.15) is 4.98 Å². The molecule has 0 bridgehead atoms. The Balaban J connectivity index is 1.59. The van der Waals surface area contributed by atoms with Crippen LogP contribution in [0.3, 0.4) is 0 Å². The van der Waals surface area contributed by atoms with Gasteiger partial charge in [-0.25, -0.2) is 4.39 Å². The molecule has 1 aromatic carbocycles. The summed E-state index contributed by atoms with van der Waals surface area (Å²) in [5.41, 5.74) is 1.19. The smallest absolute Gasteiger partial charge is 0.241 e. The lowest BCUT2D eigenvalue weighted by atomic mass is 9.95. The normalized spacial score (nSPS) is 16.2. The van der Waals surface area contributed by atoms with Crippen LogP contribution in [0.5, 0.6) is 0 Å². The zero-order valence-corrected chi connectivity index (χ0v) is 14.8. The number of carbonyl (C=O) groups excluding carboxylic acids is 1. The summed E-state index contributed by atoms with van der Waals surface area (Å²) in [5, 5.41) is 3.95. The van der Waals surface area contributed by atoms with E-state index in [1.807, 2.05) is 0 Å². The number of amides is 1. The average Bonchev–Trinajstić information content (AvgIpc) is 3.06. The first kappa shape index (κ1) is 17.5. The highest BCUT2D eigenvalue weighted by atomic mass is 19.1. The second-order valence-electron chi connectivity index (χ2n) is 6.76. The predicted molar refractivity (Wildman–Crippen MR) is 91.1 cm³/mol. The molecule has 1 aromatic heterocycles. The Morgan fingerprint density at radius 1 is 1.36 bits per heavy atom. The summed E-state index contributed by atoms with van der Waals surface area (Å²) in [4.78, 5) is 20.2. The van der Waals surface area contributed by atoms with Gasteiger partial charge in [-0.15, -0.1) is 0 Å². The van der Waals surface area contributed by atoms with Crippen LogP contribution in [0.25, 0.3) is 11.4 Å². The lowest BCUT2D eigenvalue weighted by Crippen LogP contribution is -2.39. The van der Waals surface area contributed by atoms with Crippen molar-refractivity contribution in [2.75, 3.05) is 27.2 Å². The van der Waals surface area contributed by atoms with E-state index in [4.69, 9.17) is 4.52 Å². The number of benzene rings is 1. The molecule has 0 radical (unpaired) electrons. The molecule has 25 heavy (non-hydrogen) atoms. The molecule has 2 aromatic rings. The van der Waals surface area contributed by atoms with E-state index in [9.17, 15) is 9.18 Å². The fourth-order valence-corrected chi connectivity index (χ4v) is 3.06. The first-order valence-electron chi connectivity index (χ1n) is 8.46. The third kappa shape index (κ3) is 4.04. The number of aromatic nitrogens is 2. The molecule has 0 spiro atoms. The van der Waals surface area contributed by atoms with Crippen LogP contribution in [0.15, 0.2) is 22.7 Å². The molecule has 1 aliphatic rings. The number of hydrogen-bond donors (Lipinski definition) is 0. The van der Waals surface area contributed by atoms with Gasteiger partial charge in [0.1, 0.15) is 5.82 Å². The van der Waals surface area contributed by atoms with Gasteiger partial charge in [0, 0.05) is 25.6 Å². The number of carbonyl (C=O) groups is 1. The maximum Gasteiger partial charge on any atom is 0.241 e. The lowest BCUT2D eigenvalue weighted by Gasteiger charge is -2.31. The summed E-state index contributed by atoms with van der Waals surface area (Å²) in [5.74, 6) is 0.914. The Kier molecular flexibility index (Phi) is 5.13.